The Morgan fingerprint density at radius 3 is 2.88 bits per heavy atom. The zero-order chi connectivity index (χ0) is 12.1. The fraction of sp³-hybridized carbons (Fsp3) is 0.600. The number of aromatic nitrogens is 2. The molecule has 1 heterocycles. The molecule has 0 bridgehead atoms. The minimum Gasteiger partial charge on any atom is -0.395 e. The summed E-state index contributed by atoms with van der Waals surface area (Å²) in [5, 5.41) is 18.4. The predicted octanol–water partition coefficient (Wildman–Crippen LogP) is 0.191. The molecule has 0 spiro atoms. The number of hydrogen-bond acceptors (Lipinski definition) is 4. The van der Waals surface area contributed by atoms with E-state index >= 15 is 0 Å². The largest absolute Gasteiger partial charge is 0.395 e. The number of H-pyrrole nitrogens is 1. The number of hydrogen-bond donors (Lipinski definition) is 4. The first-order valence-corrected chi connectivity index (χ1v) is 5.33. The fourth-order valence-corrected chi connectivity index (χ4v) is 1.25. The highest BCUT2D eigenvalue weighted by molar-refractivity contribution is 5.97. The molecule has 1 rings (SSSR count). The van der Waals surface area contributed by atoms with Crippen LogP contribution in [0.15, 0.2) is 0 Å². The number of aromatic amines is 1. The molecule has 0 saturated carbocycles. The van der Waals surface area contributed by atoms with Crippen LogP contribution >= 0.6 is 0 Å². The molecule has 0 saturated heterocycles. The molecule has 0 radical (unpaired) electrons. The molecule has 1 aromatic rings. The van der Waals surface area contributed by atoms with Gasteiger partial charge in [-0.05, 0) is 19.8 Å². The van der Waals surface area contributed by atoms with E-state index in [-0.39, 0.29) is 17.7 Å². The Labute approximate surface area is 94.2 Å². The number of aryl methyl sites for hydroxylation is 1. The van der Waals surface area contributed by atoms with Gasteiger partial charge in [0.1, 0.15) is 0 Å². The van der Waals surface area contributed by atoms with Gasteiger partial charge in [0, 0.05) is 6.54 Å². The van der Waals surface area contributed by atoms with Crippen LogP contribution in [0.5, 0.6) is 0 Å². The van der Waals surface area contributed by atoms with Gasteiger partial charge in [-0.2, -0.15) is 5.10 Å². The van der Waals surface area contributed by atoms with Crippen LogP contribution in [0.2, 0.25) is 0 Å². The summed E-state index contributed by atoms with van der Waals surface area (Å²) in [4.78, 5) is 11.6. The van der Waals surface area contributed by atoms with Crippen LogP contribution in [-0.2, 0) is 0 Å². The zero-order valence-electron chi connectivity index (χ0n) is 9.58. The van der Waals surface area contributed by atoms with E-state index in [1.165, 1.54) is 0 Å². The van der Waals surface area contributed by atoms with Crippen molar-refractivity contribution in [2.75, 3.05) is 12.3 Å². The van der Waals surface area contributed by atoms with E-state index in [0.717, 1.165) is 0 Å². The van der Waals surface area contributed by atoms with Gasteiger partial charge in [0.25, 0.3) is 5.91 Å². The highest BCUT2D eigenvalue weighted by atomic mass is 16.3. The first kappa shape index (κ1) is 12.5. The maximum atomic E-state index is 11.6. The molecule has 5 N–H and O–H groups in total. The van der Waals surface area contributed by atoms with Crippen molar-refractivity contribution in [1.29, 1.82) is 0 Å². The summed E-state index contributed by atoms with van der Waals surface area (Å²) in [5.74, 6) is -0.315. The van der Waals surface area contributed by atoms with Crippen LogP contribution in [0.1, 0.15) is 35.9 Å². The fourth-order valence-electron chi connectivity index (χ4n) is 1.25. The average Bonchev–Trinajstić information content (AvgIpc) is 2.59. The van der Waals surface area contributed by atoms with Crippen LogP contribution in [0.25, 0.3) is 0 Å². The van der Waals surface area contributed by atoms with Crippen LogP contribution in [0.4, 0.5) is 5.69 Å². The SMILES string of the molecule is CCC(O)CCNC(=O)c1n[nH]c(C)c1N. The highest BCUT2D eigenvalue weighted by Crippen LogP contribution is 2.11. The Kier molecular flexibility index (Phi) is 4.30. The molecule has 0 aliphatic carbocycles. The summed E-state index contributed by atoms with van der Waals surface area (Å²) in [6.45, 7) is 4.06. The Morgan fingerprint density at radius 1 is 1.69 bits per heavy atom. The highest BCUT2D eigenvalue weighted by Gasteiger charge is 2.14. The molecule has 0 fully saturated rings. The number of aliphatic hydroxyl groups is 1. The van der Waals surface area contributed by atoms with E-state index in [9.17, 15) is 9.90 Å². The molecule has 1 unspecified atom stereocenters. The van der Waals surface area contributed by atoms with Crippen molar-refractivity contribution in [3.05, 3.63) is 11.4 Å². The van der Waals surface area contributed by atoms with Crippen LogP contribution in [0.3, 0.4) is 0 Å². The minimum atomic E-state index is -0.376. The maximum absolute atomic E-state index is 11.6. The summed E-state index contributed by atoms with van der Waals surface area (Å²) in [6.07, 6.45) is 0.837. The topological polar surface area (TPSA) is 104 Å². The Bertz CT molecular complexity index is 362. The number of rotatable bonds is 5. The van der Waals surface area contributed by atoms with E-state index in [4.69, 9.17) is 5.73 Å². The number of carbonyl (C=O) groups is 1. The van der Waals surface area contributed by atoms with Gasteiger partial charge in [0.15, 0.2) is 5.69 Å². The zero-order valence-corrected chi connectivity index (χ0v) is 9.58. The number of aliphatic hydroxyl groups excluding tert-OH is 1. The predicted molar refractivity (Wildman–Crippen MR) is 61.0 cm³/mol. The number of anilines is 1. The van der Waals surface area contributed by atoms with Crippen LogP contribution < -0.4 is 11.1 Å². The van der Waals surface area contributed by atoms with Gasteiger partial charge in [0.05, 0.1) is 17.5 Å². The Balaban J connectivity index is 2.44. The normalized spacial score (nSPS) is 12.4. The smallest absolute Gasteiger partial charge is 0.273 e. The second-order valence-electron chi connectivity index (χ2n) is 3.72. The van der Waals surface area contributed by atoms with Gasteiger partial charge in [-0.1, -0.05) is 6.92 Å². The van der Waals surface area contributed by atoms with E-state index in [1.54, 1.807) is 6.92 Å². The van der Waals surface area contributed by atoms with Crippen LogP contribution in [0, 0.1) is 6.92 Å². The molecular formula is C10H18N4O2. The van der Waals surface area contributed by atoms with E-state index in [2.05, 4.69) is 15.5 Å². The number of amides is 1. The van der Waals surface area contributed by atoms with Gasteiger partial charge in [-0.15, -0.1) is 0 Å². The lowest BCUT2D eigenvalue weighted by atomic mass is 10.2. The molecule has 0 aromatic carbocycles. The minimum absolute atomic E-state index is 0.212. The van der Waals surface area contributed by atoms with Gasteiger partial charge in [0.2, 0.25) is 0 Å². The lowest BCUT2D eigenvalue weighted by molar-refractivity contribution is 0.0938. The van der Waals surface area contributed by atoms with Gasteiger partial charge >= 0.3 is 0 Å². The second-order valence-corrected chi connectivity index (χ2v) is 3.72. The van der Waals surface area contributed by atoms with E-state index < -0.39 is 0 Å². The number of nitrogens with two attached hydrogens (primary N) is 1. The summed E-state index contributed by atoms with van der Waals surface area (Å²) in [7, 11) is 0. The van der Waals surface area contributed by atoms with Crippen molar-refractivity contribution in [2.45, 2.75) is 32.8 Å². The number of nitrogens with one attached hydrogen (secondary N) is 2. The van der Waals surface area contributed by atoms with Crippen molar-refractivity contribution in [3.8, 4) is 0 Å². The Hall–Kier alpha value is -1.56. The number of carbonyl (C=O) groups excluding carboxylic acids is 1. The third-order valence-electron chi connectivity index (χ3n) is 2.44. The van der Waals surface area contributed by atoms with E-state index in [1.807, 2.05) is 6.92 Å². The van der Waals surface area contributed by atoms with Gasteiger partial charge in [-0.25, -0.2) is 0 Å². The quantitative estimate of drug-likeness (QED) is 0.575. The summed E-state index contributed by atoms with van der Waals surface area (Å²) in [5.41, 5.74) is 6.92. The number of nitrogen functional groups attached to an aromatic ring is 1. The molecule has 16 heavy (non-hydrogen) atoms. The maximum Gasteiger partial charge on any atom is 0.273 e. The summed E-state index contributed by atoms with van der Waals surface area (Å²) in [6, 6.07) is 0. The first-order valence-electron chi connectivity index (χ1n) is 5.33. The summed E-state index contributed by atoms with van der Waals surface area (Å²) < 4.78 is 0. The third kappa shape index (κ3) is 2.96. The van der Waals surface area contributed by atoms with Crippen molar-refractivity contribution in [1.82, 2.24) is 15.5 Å². The monoisotopic (exact) mass is 226 g/mol. The molecule has 1 atom stereocenters. The standard InChI is InChI=1S/C10H18N4O2/c1-3-7(15)4-5-12-10(16)9-8(11)6(2)13-14-9/h7,15H,3-5,11H2,1-2H3,(H,12,16)(H,13,14). The second kappa shape index (κ2) is 5.50. The average molecular weight is 226 g/mol. The Morgan fingerprint density at radius 2 is 2.38 bits per heavy atom. The number of nitrogens with zero attached hydrogens (tertiary/aromatic N) is 1. The molecule has 90 valence electrons. The molecular weight excluding hydrogens is 208 g/mol. The third-order valence-corrected chi connectivity index (χ3v) is 2.44. The lowest BCUT2D eigenvalue weighted by Crippen LogP contribution is -2.27. The van der Waals surface area contributed by atoms with Crippen molar-refractivity contribution >= 4 is 11.6 Å². The molecule has 6 heteroatoms. The lowest BCUT2D eigenvalue weighted by Gasteiger charge is -2.07. The van der Waals surface area contributed by atoms with Gasteiger partial charge < -0.3 is 16.2 Å². The van der Waals surface area contributed by atoms with Crippen molar-refractivity contribution in [2.24, 2.45) is 0 Å². The van der Waals surface area contributed by atoms with Crippen molar-refractivity contribution < 1.29 is 9.90 Å². The molecule has 6 nitrogen and oxygen atoms in total. The molecule has 1 amide bonds. The molecule has 1 aromatic heterocycles. The van der Waals surface area contributed by atoms with Gasteiger partial charge in [-0.3, -0.25) is 9.89 Å². The van der Waals surface area contributed by atoms with E-state index in [0.29, 0.717) is 30.8 Å². The first-order chi connectivity index (χ1) is 7.56. The van der Waals surface area contributed by atoms with Crippen LogP contribution in [-0.4, -0.2) is 33.9 Å². The summed E-state index contributed by atoms with van der Waals surface area (Å²) >= 11 is 0. The molecule has 0 aliphatic heterocycles. The van der Waals surface area contributed by atoms with Crippen molar-refractivity contribution in [3.63, 3.8) is 0 Å². The molecule has 0 aliphatic rings.